The quantitative estimate of drug-likeness (QED) is 0.541. The minimum atomic E-state index is -3.45. The Hall–Kier alpha value is -2.58. The molecule has 2 N–H and O–H groups in total. The highest BCUT2D eigenvalue weighted by molar-refractivity contribution is 7.66. The summed E-state index contributed by atoms with van der Waals surface area (Å²) in [6.45, 7) is 3.54. The summed E-state index contributed by atoms with van der Waals surface area (Å²) in [5.41, 5.74) is 1.08. The van der Waals surface area contributed by atoms with Gasteiger partial charge in [-0.2, -0.15) is 0 Å². The van der Waals surface area contributed by atoms with Gasteiger partial charge in [0.05, 0.1) is 24.8 Å². The van der Waals surface area contributed by atoms with Crippen LogP contribution in [0.4, 0.5) is 0 Å². The Kier molecular flexibility index (Phi) is 5.82. The van der Waals surface area contributed by atoms with E-state index in [0.29, 0.717) is 29.2 Å². The van der Waals surface area contributed by atoms with Crippen LogP contribution >= 0.6 is 7.37 Å². The largest absolute Gasteiger partial charge is 0.378 e. The fourth-order valence-electron chi connectivity index (χ4n) is 4.29. The third-order valence-electron chi connectivity index (χ3n) is 6.40. The molecule has 2 aliphatic rings. The number of aromatic nitrogens is 3. The summed E-state index contributed by atoms with van der Waals surface area (Å²) in [7, 11) is -3.45. The Morgan fingerprint density at radius 2 is 1.94 bits per heavy atom. The van der Waals surface area contributed by atoms with Crippen LogP contribution in [0.5, 0.6) is 0 Å². The Labute approximate surface area is 185 Å². The van der Waals surface area contributed by atoms with E-state index >= 15 is 0 Å². The first-order valence-electron chi connectivity index (χ1n) is 10.8. The number of piperidine rings is 1. The van der Waals surface area contributed by atoms with E-state index in [-0.39, 0.29) is 11.6 Å². The Balaban J connectivity index is 1.18. The lowest BCUT2D eigenvalue weighted by Crippen LogP contribution is -2.52. The monoisotopic (exact) mass is 455 g/mol. The molecule has 2 saturated heterocycles. The normalized spacial score (nSPS) is 20.0. The van der Waals surface area contributed by atoms with Crippen LogP contribution in [0.25, 0.3) is 5.78 Å². The molecule has 4 heterocycles. The van der Waals surface area contributed by atoms with Crippen molar-refractivity contribution in [1.29, 1.82) is 0 Å². The molecule has 2 aromatic heterocycles. The predicted octanol–water partition coefficient (Wildman–Crippen LogP) is 1.42. The highest BCUT2D eigenvalue weighted by Crippen LogP contribution is 2.49. The van der Waals surface area contributed by atoms with Crippen LogP contribution in [0.2, 0.25) is 0 Å². The number of nitrogens with zero attached hydrogens (tertiary/aromatic N) is 4. The molecule has 0 bridgehead atoms. The van der Waals surface area contributed by atoms with Crippen LogP contribution in [0.1, 0.15) is 28.8 Å². The molecule has 5 rings (SSSR count). The number of amides is 1. The third kappa shape index (κ3) is 4.21. The molecule has 0 spiro atoms. The molecule has 0 aliphatic carbocycles. The zero-order chi connectivity index (χ0) is 22.1. The van der Waals surface area contributed by atoms with E-state index in [2.05, 4.69) is 20.2 Å². The number of rotatable bonds is 6. The maximum absolute atomic E-state index is 13.2. The van der Waals surface area contributed by atoms with E-state index in [1.165, 1.54) is 6.20 Å². The van der Waals surface area contributed by atoms with Gasteiger partial charge in [-0.15, -0.1) is 0 Å². The minimum Gasteiger partial charge on any atom is -0.378 e. The smallest absolute Gasteiger partial charge is 0.254 e. The first-order valence-corrected chi connectivity index (χ1v) is 12.5. The number of hydrogen-bond acceptors (Lipinski definition) is 6. The molecule has 3 aromatic rings. The van der Waals surface area contributed by atoms with Gasteiger partial charge >= 0.3 is 0 Å². The number of imidazole rings is 1. The molecular weight excluding hydrogens is 429 g/mol. The van der Waals surface area contributed by atoms with E-state index in [1.807, 2.05) is 0 Å². The third-order valence-corrected chi connectivity index (χ3v) is 8.94. The average Bonchev–Trinajstić information content (AvgIpc) is 3.25. The van der Waals surface area contributed by atoms with Crippen molar-refractivity contribution >= 4 is 24.4 Å². The zero-order valence-corrected chi connectivity index (χ0v) is 18.5. The number of carbonyl (C=O) groups excluding carboxylic acids is 1. The van der Waals surface area contributed by atoms with E-state index in [9.17, 15) is 14.3 Å². The number of likely N-dealkylation sites (tertiary alicyclic amines) is 1. The van der Waals surface area contributed by atoms with Crippen LogP contribution in [-0.2, 0) is 15.8 Å². The fourth-order valence-corrected chi connectivity index (χ4v) is 6.22. The average molecular weight is 455 g/mol. The van der Waals surface area contributed by atoms with Gasteiger partial charge in [0.2, 0.25) is 13.1 Å². The van der Waals surface area contributed by atoms with Crippen LogP contribution in [0.3, 0.4) is 0 Å². The highest BCUT2D eigenvalue weighted by atomic mass is 31.2. The molecule has 2 aliphatic heterocycles. The molecule has 0 saturated carbocycles. The summed E-state index contributed by atoms with van der Waals surface area (Å²) in [6.07, 6.45) is 7.97. The van der Waals surface area contributed by atoms with E-state index in [1.54, 1.807) is 47.3 Å². The Morgan fingerprint density at radius 1 is 1.19 bits per heavy atom. The molecular formula is C22H26N5O4P. The Morgan fingerprint density at radius 3 is 2.62 bits per heavy atom. The molecule has 9 nitrogen and oxygen atoms in total. The summed E-state index contributed by atoms with van der Waals surface area (Å²) in [5, 5.41) is 3.34. The van der Waals surface area contributed by atoms with E-state index in [0.717, 1.165) is 44.7 Å². The van der Waals surface area contributed by atoms with Crippen molar-refractivity contribution in [3.05, 3.63) is 60.2 Å². The molecule has 10 heteroatoms. The molecule has 0 radical (unpaired) electrons. The second-order valence-corrected chi connectivity index (χ2v) is 10.9. The number of carbonyl (C=O) groups is 1. The predicted molar refractivity (Wildman–Crippen MR) is 119 cm³/mol. The van der Waals surface area contributed by atoms with Gasteiger partial charge in [-0.05, 0) is 43.6 Å². The molecule has 2 fully saturated rings. The number of hydrogen-bond donors (Lipinski definition) is 2. The fraction of sp³-hybridized carbons (Fsp3) is 0.409. The van der Waals surface area contributed by atoms with Crippen molar-refractivity contribution in [2.24, 2.45) is 0 Å². The van der Waals surface area contributed by atoms with Gasteiger partial charge < -0.3 is 14.9 Å². The number of ether oxygens (including phenoxy) is 1. The van der Waals surface area contributed by atoms with Gasteiger partial charge in [0.15, 0.2) is 0 Å². The molecule has 168 valence electrons. The van der Waals surface area contributed by atoms with Gasteiger partial charge in [0.1, 0.15) is 0 Å². The lowest BCUT2D eigenvalue weighted by molar-refractivity contribution is -0.0697. The van der Waals surface area contributed by atoms with Gasteiger partial charge in [0.25, 0.3) is 5.91 Å². The van der Waals surface area contributed by atoms with Crippen LogP contribution < -0.4 is 10.6 Å². The summed E-state index contributed by atoms with van der Waals surface area (Å²) in [4.78, 5) is 33.9. The lowest BCUT2D eigenvalue weighted by atomic mass is 10.1. The summed E-state index contributed by atoms with van der Waals surface area (Å²) in [5.74, 6) is 0.293. The maximum atomic E-state index is 13.2. The first kappa shape index (κ1) is 21.3. The van der Waals surface area contributed by atoms with Crippen molar-refractivity contribution in [3.63, 3.8) is 0 Å². The van der Waals surface area contributed by atoms with Gasteiger partial charge in [0, 0.05) is 42.3 Å². The van der Waals surface area contributed by atoms with Crippen molar-refractivity contribution in [3.8, 4) is 0 Å². The maximum Gasteiger partial charge on any atom is 0.254 e. The SMILES string of the molecule is O=C(NCc1ccc(P(=O)(O)C2CCN(C3COC3)CC2)cc1)c1cnc2nccn2c1. The van der Waals surface area contributed by atoms with Gasteiger partial charge in [-0.1, -0.05) is 12.1 Å². The standard InChI is InChI=1S/C22H26N5O4P/c28-21(17-12-25-22-23-7-10-27(22)13-17)24-11-16-1-3-19(4-2-16)32(29,30)20-5-8-26(9-6-20)18-14-31-15-18/h1-4,7,10,12-13,18,20H,5-6,8-9,11,14-15H2,(H,24,28)(H,29,30). The molecule has 1 atom stereocenters. The molecule has 1 unspecified atom stereocenters. The number of nitrogens with one attached hydrogen (secondary N) is 1. The van der Waals surface area contributed by atoms with Crippen molar-refractivity contribution in [2.75, 3.05) is 26.3 Å². The van der Waals surface area contributed by atoms with Crippen molar-refractivity contribution in [2.45, 2.75) is 31.1 Å². The van der Waals surface area contributed by atoms with Gasteiger partial charge in [-0.25, -0.2) is 9.97 Å². The summed E-state index contributed by atoms with van der Waals surface area (Å²) >= 11 is 0. The minimum absolute atomic E-state index is 0.212. The van der Waals surface area contributed by atoms with Crippen LogP contribution in [0, 0.1) is 0 Å². The topological polar surface area (TPSA) is 109 Å². The van der Waals surface area contributed by atoms with Crippen LogP contribution in [0.15, 0.2) is 49.1 Å². The van der Waals surface area contributed by atoms with E-state index < -0.39 is 7.37 Å². The van der Waals surface area contributed by atoms with Crippen LogP contribution in [-0.4, -0.2) is 68.1 Å². The second kappa shape index (κ2) is 8.75. The molecule has 1 amide bonds. The van der Waals surface area contributed by atoms with Gasteiger partial charge in [-0.3, -0.25) is 18.7 Å². The summed E-state index contributed by atoms with van der Waals surface area (Å²) < 4.78 is 20.2. The van der Waals surface area contributed by atoms with Crippen molar-refractivity contribution in [1.82, 2.24) is 24.6 Å². The second-order valence-electron chi connectivity index (χ2n) is 8.41. The molecule has 32 heavy (non-hydrogen) atoms. The van der Waals surface area contributed by atoms with Crippen molar-refractivity contribution < 1.29 is 19.0 Å². The summed E-state index contributed by atoms with van der Waals surface area (Å²) in [6, 6.07) is 7.51. The number of benzene rings is 1. The Bertz CT molecular complexity index is 1150. The van der Waals surface area contributed by atoms with E-state index in [4.69, 9.17) is 4.74 Å². The number of fused-ring (bicyclic) bond motifs is 1. The first-order chi connectivity index (χ1) is 15.5. The molecule has 1 aromatic carbocycles. The zero-order valence-electron chi connectivity index (χ0n) is 17.6. The lowest BCUT2D eigenvalue weighted by Gasteiger charge is -2.42. The highest BCUT2D eigenvalue weighted by Gasteiger charge is 2.38.